The topological polar surface area (TPSA) is 58.6 Å². The maximum Gasteiger partial charge on any atom is 0.243 e. The van der Waals surface area contributed by atoms with Gasteiger partial charge in [0, 0.05) is 31.9 Å². The first-order valence-electron chi connectivity index (χ1n) is 7.38. The molecule has 0 saturated carbocycles. The second-order valence-electron chi connectivity index (χ2n) is 5.36. The van der Waals surface area contributed by atoms with Crippen molar-refractivity contribution < 1.29 is 13.2 Å². The lowest BCUT2D eigenvalue weighted by Gasteiger charge is -2.27. The summed E-state index contributed by atoms with van der Waals surface area (Å²) in [7, 11) is -1.89. The molecule has 1 unspecified atom stereocenters. The van der Waals surface area contributed by atoms with Gasteiger partial charge >= 0.3 is 0 Å². The summed E-state index contributed by atoms with van der Waals surface area (Å²) in [5, 5.41) is 3.25. The van der Waals surface area contributed by atoms with Gasteiger partial charge in [-0.25, -0.2) is 8.42 Å². The second-order valence-corrected chi connectivity index (χ2v) is 7.25. The third-order valence-electron chi connectivity index (χ3n) is 3.99. The average molecular weight is 312 g/mol. The number of fused-ring (bicyclic) bond motifs is 1. The first-order valence-corrected chi connectivity index (χ1v) is 8.82. The number of methoxy groups -OCH3 is 1. The van der Waals surface area contributed by atoms with Crippen LogP contribution in [0.2, 0.25) is 0 Å². The molecule has 1 heterocycles. The van der Waals surface area contributed by atoms with Crippen LogP contribution < -0.4 is 5.32 Å². The Kier molecular flexibility index (Phi) is 5.24. The Labute approximate surface area is 127 Å². The molecule has 2 rings (SSSR count). The number of anilines is 1. The maximum atomic E-state index is 12.9. The van der Waals surface area contributed by atoms with Crippen LogP contribution in [0.1, 0.15) is 25.8 Å². The molecule has 1 aliphatic heterocycles. The van der Waals surface area contributed by atoms with Crippen molar-refractivity contribution >= 4 is 15.7 Å². The van der Waals surface area contributed by atoms with Crippen LogP contribution in [0, 0.1) is 0 Å². The van der Waals surface area contributed by atoms with E-state index in [1.165, 1.54) is 0 Å². The van der Waals surface area contributed by atoms with Crippen molar-refractivity contribution in [2.24, 2.45) is 0 Å². The summed E-state index contributed by atoms with van der Waals surface area (Å²) >= 11 is 0. The monoisotopic (exact) mass is 312 g/mol. The molecule has 0 bridgehead atoms. The standard InChI is InChI=1S/C15H24N2O3S/c1-4-12(2)17(9-10-20-3)21(18,19)14-5-6-15-13(11-14)7-8-16-15/h5-6,11-12,16H,4,7-10H2,1-3H3. The zero-order valence-electron chi connectivity index (χ0n) is 12.9. The molecule has 0 radical (unpaired) electrons. The molecule has 21 heavy (non-hydrogen) atoms. The lowest BCUT2D eigenvalue weighted by molar-refractivity contribution is 0.167. The third-order valence-corrected chi connectivity index (χ3v) is 6.00. The molecule has 0 spiro atoms. The van der Waals surface area contributed by atoms with E-state index < -0.39 is 10.0 Å². The fraction of sp³-hybridized carbons (Fsp3) is 0.600. The van der Waals surface area contributed by atoms with Crippen molar-refractivity contribution in [2.75, 3.05) is 32.1 Å². The number of benzene rings is 1. The lowest BCUT2D eigenvalue weighted by Crippen LogP contribution is -2.40. The van der Waals surface area contributed by atoms with E-state index in [0.29, 0.717) is 18.0 Å². The number of nitrogens with zero attached hydrogens (tertiary/aromatic N) is 1. The molecule has 1 aromatic carbocycles. The highest BCUT2D eigenvalue weighted by Crippen LogP contribution is 2.27. The van der Waals surface area contributed by atoms with Crippen LogP contribution in [-0.4, -0.2) is 45.6 Å². The van der Waals surface area contributed by atoms with Crippen molar-refractivity contribution in [1.82, 2.24) is 4.31 Å². The van der Waals surface area contributed by atoms with Crippen LogP contribution in [0.5, 0.6) is 0 Å². The Morgan fingerprint density at radius 1 is 1.43 bits per heavy atom. The van der Waals surface area contributed by atoms with Crippen molar-refractivity contribution in [2.45, 2.75) is 37.6 Å². The SMILES string of the molecule is CCC(C)N(CCOC)S(=O)(=O)c1ccc2c(c1)CCN2. The predicted molar refractivity (Wildman–Crippen MR) is 84.2 cm³/mol. The molecular weight excluding hydrogens is 288 g/mol. The predicted octanol–water partition coefficient (Wildman–Crippen LogP) is 2.09. The van der Waals surface area contributed by atoms with Crippen molar-refractivity contribution in [3.63, 3.8) is 0 Å². The fourth-order valence-corrected chi connectivity index (χ4v) is 4.28. The minimum Gasteiger partial charge on any atom is -0.384 e. The van der Waals surface area contributed by atoms with Crippen molar-refractivity contribution in [1.29, 1.82) is 0 Å². The van der Waals surface area contributed by atoms with E-state index in [-0.39, 0.29) is 6.04 Å². The summed E-state index contributed by atoms with van der Waals surface area (Å²) in [6.45, 7) is 5.57. The molecule has 5 nitrogen and oxygen atoms in total. The van der Waals surface area contributed by atoms with Crippen molar-refractivity contribution in [3.05, 3.63) is 23.8 Å². The lowest BCUT2D eigenvalue weighted by atomic mass is 10.2. The van der Waals surface area contributed by atoms with E-state index in [9.17, 15) is 8.42 Å². The molecule has 1 N–H and O–H groups in total. The van der Waals surface area contributed by atoms with E-state index in [0.717, 1.165) is 30.6 Å². The zero-order valence-corrected chi connectivity index (χ0v) is 13.7. The Morgan fingerprint density at radius 2 is 2.19 bits per heavy atom. The van der Waals surface area contributed by atoms with Gasteiger partial charge in [-0.3, -0.25) is 0 Å². The minimum atomic E-state index is -3.48. The summed E-state index contributed by atoms with van der Waals surface area (Å²) in [6.07, 6.45) is 1.65. The van der Waals surface area contributed by atoms with Gasteiger partial charge in [-0.05, 0) is 43.5 Å². The quantitative estimate of drug-likeness (QED) is 0.837. The number of rotatable bonds is 7. The molecule has 0 amide bonds. The van der Waals surface area contributed by atoms with Gasteiger partial charge in [-0.15, -0.1) is 0 Å². The summed E-state index contributed by atoms with van der Waals surface area (Å²) < 4.78 is 32.4. The summed E-state index contributed by atoms with van der Waals surface area (Å²) in [5.41, 5.74) is 2.12. The van der Waals surface area contributed by atoms with Gasteiger partial charge in [0.15, 0.2) is 0 Å². The van der Waals surface area contributed by atoms with E-state index in [4.69, 9.17) is 4.74 Å². The molecule has 118 valence electrons. The Morgan fingerprint density at radius 3 is 2.86 bits per heavy atom. The number of hydrogen-bond acceptors (Lipinski definition) is 4. The molecule has 0 fully saturated rings. The van der Waals surface area contributed by atoms with Gasteiger partial charge in [0.1, 0.15) is 0 Å². The van der Waals surface area contributed by atoms with Crippen LogP contribution in [0.3, 0.4) is 0 Å². The summed E-state index contributed by atoms with van der Waals surface area (Å²) in [5.74, 6) is 0. The third kappa shape index (κ3) is 3.39. The smallest absolute Gasteiger partial charge is 0.243 e. The van der Waals surface area contributed by atoms with Crippen LogP contribution in [-0.2, 0) is 21.2 Å². The van der Waals surface area contributed by atoms with E-state index in [1.54, 1.807) is 23.5 Å². The zero-order chi connectivity index (χ0) is 15.5. The molecule has 6 heteroatoms. The highest BCUT2D eigenvalue weighted by atomic mass is 32.2. The van der Waals surface area contributed by atoms with Crippen LogP contribution in [0.15, 0.2) is 23.1 Å². The number of sulfonamides is 1. The Bertz CT molecular complexity index is 587. The van der Waals surface area contributed by atoms with Crippen molar-refractivity contribution in [3.8, 4) is 0 Å². The van der Waals surface area contributed by atoms with E-state index in [2.05, 4.69) is 5.32 Å². The molecule has 0 saturated heterocycles. The molecule has 1 atom stereocenters. The normalized spacial score (nSPS) is 15.8. The average Bonchev–Trinajstić information content (AvgIpc) is 2.94. The van der Waals surface area contributed by atoms with Crippen LogP contribution in [0.4, 0.5) is 5.69 Å². The second kappa shape index (κ2) is 6.77. The van der Waals surface area contributed by atoms with Gasteiger partial charge in [-0.1, -0.05) is 6.92 Å². The Balaban J connectivity index is 2.33. The molecule has 0 aromatic heterocycles. The Hall–Kier alpha value is -1.11. The van der Waals surface area contributed by atoms with E-state index in [1.807, 2.05) is 19.9 Å². The number of hydrogen-bond donors (Lipinski definition) is 1. The first kappa shape index (κ1) is 16.3. The largest absolute Gasteiger partial charge is 0.384 e. The van der Waals surface area contributed by atoms with E-state index >= 15 is 0 Å². The maximum absolute atomic E-state index is 12.9. The van der Waals surface area contributed by atoms with Gasteiger partial charge in [0.25, 0.3) is 0 Å². The highest BCUT2D eigenvalue weighted by Gasteiger charge is 2.28. The molecule has 1 aliphatic rings. The first-order chi connectivity index (χ1) is 10.0. The van der Waals surface area contributed by atoms with Crippen LogP contribution in [0.25, 0.3) is 0 Å². The summed E-state index contributed by atoms with van der Waals surface area (Å²) in [6, 6.07) is 5.30. The highest BCUT2D eigenvalue weighted by molar-refractivity contribution is 7.89. The minimum absolute atomic E-state index is 0.0449. The van der Waals surface area contributed by atoms with Crippen LogP contribution >= 0.6 is 0 Å². The molecule has 1 aromatic rings. The summed E-state index contributed by atoms with van der Waals surface area (Å²) in [4.78, 5) is 0.376. The molecular formula is C15H24N2O3S. The van der Waals surface area contributed by atoms with Gasteiger partial charge in [0.05, 0.1) is 11.5 Å². The number of nitrogens with one attached hydrogen (secondary N) is 1. The fourth-order valence-electron chi connectivity index (χ4n) is 2.54. The van der Waals surface area contributed by atoms with Gasteiger partial charge in [-0.2, -0.15) is 4.31 Å². The number of ether oxygens (including phenoxy) is 1. The van der Waals surface area contributed by atoms with Gasteiger partial charge < -0.3 is 10.1 Å². The van der Waals surface area contributed by atoms with Gasteiger partial charge in [0.2, 0.25) is 10.0 Å². The molecule has 0 aliphatic carbocycles.